The Morgan fingerprint density at radius 1 is 1.12 bits per heavy atom. The highest BCUT2D eigenvalue weighted by Crippen LogP contribution is 2.10. The SMILES string of the molecule is COC(=O)c1ccc(/C=N\NC(=O)CNC(=O)c2ccccc2I)cc1. The molecule has 0 atom stereocenters. The zero-order valence-electron chi connectivity index (χ0n) is 13.9. The number of hydrogen-bond acceptors (Lipinski definition) is 5. The Bertz CT molecular complexity index is 835. The number of benzene rings is 2. The van der Waals surface area contributed by atoms with E-state index in [-0.39, 0.29) is 12.5 Å². The summed E-state index contributed by atoms with van der Waals surface area (Å²) in [5.74, 6) is -1.20. The lowest BCUT2D eigenvalue weighted by atomic mass is 10.1. The first-order valence-corrected chi connectivity index (χ1v) is 8.62. The Morgan fingerprint density at radius 3 is 2.46 bits per heavy atom. The van der Waals surface area contributed by atoms with Crippen LogP contribution in [0.25, 0.3) is 0 Å². The molecule has 0 heterocycles. The molecule has 7 nitrogen and oxygen atoms in total. The van der Waals surface area contributed by atoms with Crippen molar-refractivity contribution in [3.8, 4) is 0 Å². The fourth-order valence-electron chi connectivity index (χ4n) is 1.94. The van der Waals surface area contributed by atoms with Gasteiger partial charge in [-0.25, -0.2) is 10.2 Å². The van der Waals surface area contributed by atoms with Crippen LogP contribution in [0, 0.1) is 3.57 Å². The minimum absolute atomic E-state index is 0.192. The second-order valence-electron chi connectivity index (χ2n) is 5.07. The molecule has 0 aliphatic carbocycles. The maximum absolute atomic E-state index is 12.0. The van der Waals surface area contributed by atoms with E-state index in [1.165, 1.54) is 13.3 Å². The van der Waals surface area contributed by atoms with Crippen molar-refractivity contribution in [3.63, 3.8) is 0 Å². The smallest absolute Gasteiger partial charge is 0.337 e. The van der Waals surface area contributed by atoms with Gasteiger partial charge in [0.05, 0.1) is 31.0 Å². The summed E-state index contributed by atoms with van der Waals surface area (Å²) in [6.45, 7) is -0.192. The number of nitrogens with zero attached hydrogens (tertiary/aromatic N) is 1. The number of rotatable bonds is 6. The molecule has 134 valence electrons. The highest BCUT2D eigenvalue weighted by molar-refractivity contribution is 14.1. The molecular weight excluding hydrogens is 449 g/mol. The van der Waals surface area contributed by atoms with E-state index in [0.717, 1.165) is 3.57 Å². The van der Waals surface area contributed by atoms with E-state index in [1.807, 2.05) is 12.1 Å². The maximum atomic E-state index is 12.0. The van der Waals surface area contributed by atoms with E-state index < -0.39 is 11.9 Å². The van der Waals surface area contributed by atoms with Gasteiger partial charge in [0.1, 0.15) is 0 Å². The molecule has 0 fully saturated rings. The molecule has 0 spiro atoms. The molecule has 0 aromatic heterocycles. The van der Waals surface area contributed by atoms with E-state index in [4.69, 9.17) is 0 Å². The average molecular weight is 465 g/mol. The lowest BCUT2D eigenvalue weighted by Gasteiger charge is -2.05. The number of nitrogens with one attached hydrogen (secondary N) is 2. The number of methoxy groups -OCH3 is 1. The summed E-state index contributed by atoms with van der Waals surface area (Å²) in [5.41, 5.74) is 3.95. The quantitative estimate of drug-likeness (QED) is 0.295. The van der Waals surface area contributed by atoms with Crippen LogP contribution in [-0.2, 0) is 9.53 Å². The molecule has 0 unspecified atom stereocenters. The van der Waals surface area contributed by atoms with Gasteiger partial charge in [0.25, 0.3) is 11.8 Å². The summed E-state index contributed by atoms with van der Waals surface area (Å²) in [6.07, 6.45) is 1.43. The van der Waals surface area contributed by atoms with Crippen LogP contribution in [0.4, 0.5) is 0 Å². The normalized spacial score (nSPS) is 10.4. The number of carbonyl (C=O) groups is 3. The van der Waals surface area contributed by atoms with Gasteiger partial charge >= 0.3 is 5.97 Å². The highest BCUT2D eigenvalue weighted by atomic mass is 127. The maximum Gasteiger partial charge on any atom is 0.337 e. The molecule has 0 saturated carbocycles. The van der Waals surface area contributed by atoms with Crippen molar-refractivity contribution in [1.29, 1.82) is 0 Å². The molecule has 2 amide bonds. The Balaban J connectivity index is 1.81. The van der Waals surface area contributed by atoms with Crippen LogP contribution in [0.3, 0.4) is 0 Å². The van der Waals surface area contributed by atoms with Crippen LogP contribution in [0.1, 0.15) is 26.3 Å². The average Bonchev–Trinajstić information content (AvgIpc) is 2.66. The minimum atomic E-state index is -0.452. The number of carbonyl (C=O) groups excluding carboxylic acids is 3. The van der Waals surface area contributed by atoms with E-state index >= 15 is 0 Å². The Hall–Kier alpha value is -2.75. The topological polar surface area (TPSA) is 96.9 Å². The first-order valence-electron chi connectivity index (χ1n) is 7.54. The number of halogens is 1. The van der Waals surface area contributed by atoms with E-state index in [0.29, 0.717) is 16.7 Å². The molecule has 0 saturated heterocycles. The molecular formula is C18H16IN3O4. The highest BCUT2D eigenvalue weighted by Gasteiger charge is 2.10. The van der Waals surface area contributed by atoms with Gasteiger partial charge < -0.3 is 10.1 Å². The second-order valence-corrected chi connectivity index (χ2v) is 6.23. The van der Waals surface area contributed by atoms with Gasteiger partial charge in [-0.1, -0.05) is 24.3 Å². The standard InChI is InChI=1S/C18H16IN3O4/c1-26-18(25)13-8-6-12(7-9-13)10-21-22-16(23)11-20-17(24)14-4-2-3-5-15(14)19/h2-10H,11H2,1H3,(H,20,24)(H,22,23)/b21-10-. The second kappa shape index (κ2) is 9.66. The van der Waals surface area contributed by atoms with Gasteiger partial charge in [-0.2, -0.15) is 5.10 Å². The van der Waals surface area contributed by atoms with Crippen molar-refractivity contribution in [1.82, 2.24) is 10.7 Å². The first kappa shape index (κ1) is 19.6. The van der Waals surface area contributed by atoms with Gasteiger partial charge in [0, 0.05) is 3.57 Å². The lowest BCUT2D eigenvalue weighted by Crippen LogP contribution is -2.35. The van der Waals surface area contributed by atoms with Crippen molar-refractivity contribution in [2.24, 2.45) is 5.10 Å². The van der Waals surface area contributed by atoms with Gasteiger partial charge in [0.15, 0.2) is 0 Å². The van der Waals surface area contributed by atoms with Gasteiger partial charge in [-0.15, -0.1) is 0 Å². The Morgan fingerprint density at radius 2 is 1.81 bits per heavy atom. The van der Waals surface area contributed by atoms with E-state index in [1.54, 1.807) is 36.4 Å². The van der Waals surface area contributed by atoms with Crippen molar-refractivity contribution in [2.75, 3.05) is 13.7 Å². The van der Waals surface area contributed by atoms with Crippen LogP contribution in [0.15, 0.2) is 53.6 Å². The molecule has 0 radical (unpaired) electrons. The third kappa shape index (κ3) is 5.66. The van der Waals surface area contributed by atoms with E-state index in [2.05, 4.69) is 43.2 Å². The van der Waals surface area contributed by atoms with Crippen LogP contribution in [0.2, 0.25) is 0 Å². The van der Waals surface area contributed by atoms with Crippen LogP contribution < -0.4 is 10.7 Å². The van der Waals surface area contributed by atoms with Crippen LogP contribution in [-0.4, -0.2) is 37.7 Å². The molecule has 0 aliphatic rings. The predicted molar refractivity (Wildman–Crippen MR) is 105 cm³/mol. The number of hydrogen-bond donors (Lipinski definition) is 2. The number of amides is 2. The monoisotopic (exact) mass is 465 g/mol. The summed E-state index contributed by atoms with van der Waals surface area (Å²) in [7, 11) is 1.31. The number of ether oxygens (including phenoxy) is 1. The van der Waals surface area contributed by atoms with Gasteiger partial charge in [-0.05, 0) is 52.4 Å². The molecule has 0 bridgehead atoms. The van der Waals surface area contributed by atoms with E-state index in [9.17, 15) is 14.4 Å². The predicted octanol–water partition coefficient (Wildman–Crippen LogP) is 1.96. The van der Waals surface area contributed by atoms with Gasteiger partial charge in [0.2, 0.25) is 0 Å². The van der Waals surface area contributed by atoms with Crippen molar-refractivity contribution in [3.05, 3.63) is 68.8 Å². The zero-order valence-corrected chi connectivity index (χ0v) is 16.0. The molecule has 2 N–H and O–H groups in total. The summed E-state index contributed by atoms with van der Waals surface area (Å²) in [4.78, 5) is 35.1. The zero-order chi connectivity index (χ0) is 18.9. The van der Waals surface area contributed by atoms with Crippen molar-refractivity contribution >= 4 is 46.6 Å². The largest absolute Gasteiger partial charge is 0.465 e. The summed E-state index contributed by atoms with van der Waals surface area (Å²) in [6, 6.07) is 13.6. The fraction of sp³-hybridized carbons (Fsp3) is 0.111. The molecule has 8 heteroatoms. The lowest BCUT2D eigenvalue weighted by molar-refractivity contribution is -0.120. The van der Waals surface area contributed by atoms with Crippen LogP contribution >= 0.6 is 22.6 Å². The molecule has 2 rings (SSSR count). The molecule has 2 aromatic rings. The van der Waals surface area contributed by atoms with Crippen LogP contribution in [0.5, 0.6) is 0 Å². The van der Waals surface area contributed by atoms with Crippen molar-refractivity contribution < 1.29 is 19.1 Å². The summed E-state index contributed by atoms with van der Waals surface area (Å²) >= 11 is 2.06. The Labute approximate surface area is 164 Å². The third-order valence-electron chi connectivity index (χ3n) is 3.26. The molecule has 0 aliphatic heterocycles. The summed E-state index contributed by atoms with van der Waals surface area (Å²) in [5, 5.41) is 6.34. The third-order valence-corrected chi connectivity index (χ3v) is 4.20. The molecule has 2 aromatic carbocycles. The molecule has 26 heavy (non-hydrogen) atoms. The van der Waals surface area contributed by atoms with Gasteiger partial charge in [-0.3, -0.25) is 9.59 Å². The Kier molecular flexibility index (Phi) is 7.27. The summed E-state index contributed by atoms with van der Waals surface area (Å²) < 4.78 is 5.41. The minimum Gasteiger partial charge on any atom is -0.465 e. The first-order chi connectivity index (χ1) is 12.5. The number of hydrazone groups is 1. The number of esters is 1. The van der Waals surface area contributed by atoms with Crippen molar-refractivity contribution in [2.45, 2.75) is 0 Å². The fourth-order valence-corrected chi connectivity index (χ4v) is 2.57.